The molecule has 0 saturated heterocycles. The average molecular weight is 208 g/mol. The van der Waals surface area contributed by atoms with Crippen molar-refractivity contribution in [1.82, 2.24) is 5.32 Å². The molecule has 82 valence electrons. The van der Waals surface area contributed by atoms with Gasteiger partial charge in [0.05, 0.1) is 11.8 Å². The Balaban J connectivity index is 1.91. The fourth-order valence-corrected chi connectivity index (χ4v) is 1.61. The Kier molecular flexibility index (Phi) is 2.52. The summed E-state index contributed by atoms with van der Waals surface area (Å²) in [5, 5.41) is 2.90. The Morgan fingerprint density at radius 2 is 2.40 bits per heavy atom. The molecule has 3 N–H and O–H groups in total. The van der Waals surface area contributed by atoms with E-state index in [1.54, 1.807) is 13.0 Å². The second-order valence-electron chi connectivity index (χ2n) is 4.28. The van der Waals surface area contributed by atoms with Gasteiger partial charge in [0.1, 0.15) is 5.76 Å². The fraction of sp³-hybridized carbons (Fsp3) is 0.545. The van der Waals surface area contributed by atoms with E-state index in [0.717, 1.165) is 12.8 Å². The van der Waals surface area contributed by atoms with E-state index in [1.807, 2.05) is 0 Å². The van der Waals surface area contributed by atoms with Gasteiger partial charge in [-0.1, -0.05) is 0 Å². The van der Waals surface area contributed by atoms with Crippen molar-refractivity contribution >= 4 is 5.91 Å². The maximum Gasteiger partial charge on any atom is 0.254 e. The molecule has 0 aliphatic heterocycles. The van der Waals surface area contributed by atoms with Crippen LogP contribution < -0.4 is 11.1 Å². The van der Waals surface area contributed by atoms with Crippen molar-refractivity contribution < 1.29 is 9.21 Å². The van der Waals surface area contributed by atoms with Crippen LogP contribution in [0.15, 0.2) is 16.7 Å². The van der Waals surface area contributed by atoms with E-state index in [1.165, 1.54) is 6.26 Å². The molecular weight excluding hydrogens is 192 g/mol. The zero-order valence-corrected chi connectivity index (χ0v) is 8.88. The lowest BCUT2D eigenvalue weighted by atomic mass is 10.1. The lowest BCUT2D eigenvalue weighted by Gasteiger charge is -2.12. The van der Waals surface area contributed by atoms with Crippen LogP contribution >= 0.6 is 0 Å². The van der Waals surface area contributed by atoms with Crippen molar-refractivity contribution in [2.45, 2.75) is 19.8 Å². The smallest absolute Gasteiger partial charge is 0.254 e. The average Bonchev–Trinajstić information content (AvgIpc) is 2.91. The van der Waals surface area contributed by atoms with Crippen LogP contribution in [-0.2, 0) is 0 Å². The molecular formula is C11H16N2O2. The van der Waals surface area contributed by atoms with Crippen molar-refractivity contribution in [3.63, 3.8) is 0 Å². The molecule has 1 aliphatic carbocycles. The van der Waals surface area contributed by atoms with Crippen LogP contribution in [0.3, 0.4) is 0 Å². The summed E-state index contributed by atoms with van der Waals surface area (Å²) in [6, 6.07) is 1.69. The molecule has 0 atom stereocenters. The highest BCUT2D eigenvalue weighted by Gasteiger charge is 2.41. The summed E-state index contributed by atoms with van der Waals surface area (Å²) in [7, 11) is 0. The third-order valence-electron chi connectivity index (χ3n) is 3.12. The van der Waals surface area contributed by atoms with E-state index >= 15 is 0 Å². The Morgan fingerprint density at radius 1 is 1.67 bits per heavy atom. The predicted molar refractivity (Wildman–Crippen MR) is 56.5 cm³/mol. The van der Waals surface area contributed by atoms with Crippen LogP contribution in [0, 0.1) is 12.3 Å². The van der Waals surface area contributed by atoms with Crippen molar-refractivity contribution in [1.29, 1.82) is 0 Å². The summed E-state index contributed by atoms with van der Waals surface area (Å²) < 4.78 is 5.07. The molecule has 1 fully saturated rings. The number of amides is 1. The molecule has 1 aliphatic rings. The maximum atomic E-state index is 11.7. The van der Waals surface area contributed by atoms with Crippen LogP contribution in [0.4, 0.5) is 0 Å². The highest BCUT2D eigenvalue weighted by molar-refractivity contribution is 5.95. The maximum absolute atomic E-state index is 11.7. The number of carbonyl (C=O) groups excluding carboxylic acids is 1. The molecule has 0 radical (unpaired) electrons. The third kappa shape index (κ3) is 2.04. The van der Waals surface area contributed by atoms with Gasteiger partial charge in [0, 0.05) is 12.0 Å². The fourth-order valence-electron chi connectivity index (χ4n) is 1.61. The van der Waals surface area contributed by atoms with E-state index in [2.05, 4.69) is 5.32 Å². The lowest BCUT2D eigenvalue weighted by Crippen LogP contribution is -2.33. The van der Waals surface area contributed by atoms with Crippen LogP contribution in [0.2, 0.25) is 0 Å². The minimum atomic E-state index is -0.0685. The summed E-state index contributed by atoms with van der Waals surface area (Å²) in [5.74, 6) is 0.589. The summed E-state index contributed by atoms with van der Waals surface area (Å²) >= 11 is 0. The summed E-state index contributed by atoms with van der Waals surface area (Å²) in [6.45, 7) is 3.11. The molecule has 1 amide bonds. The molecule has 15 heavy (non-hydrogen) atoms. The number of carbonyl (C=O) groups is 1. The Bertz CT molecular complexity index is 366. The first kappa shape index (κ1) is 10.2. The number of hydrogen-bond donors (Lipinski definition) is 2. The van der Waals surface area contributed by atoms with Gasteiger partial charge in [-0.25, -0.2) is 0 Å². The molecule has 1 aromatic rings. The summed E-state index contributed by atoms with van der Waals surface area (Å²) in [6.07, 6.45) is 3.77. The molecule has 4 heteroatoms. The number of nitrogens with two attached hydrogens (primary N) is 1. The Hall–Kier alpha value is -1.29. The van der Waals surface area contributed by atoms with Crippen molar-refractivity contribution in [3.8, 4) is 0 Å². The molecule has 4 nitrogen and oxygen atoms in total. The van der Waals surface area contributed by atoms with Gasteiger partial charge in [-0.2, -0.15) is 0 Å². The van der Waals surface area contributed by atoms with Gasteiger partial charge in [-0.05, 0) is 32.4 Å². The molecule has 0 unspecified atom stereocenters. The number of aryl methyl sites for hydroxylation is 1. The van der Waals surface area contributed by atoms with Crippen LogP contribution in [-0.4, -0.2) is 19.0 Å². The van der Waals surface area contributed by atoms with Gasteiger partial charge in [0.25, 0.3) is 5.91 Å². The zero-order valence-electron chi connectivity index (χ0n) is 8.88. The van der Waals surface area contributed by atoms with Gasteiger partial charge in [0.2, 0.25) is 0 Å². The molecule has 2 rings (SSSR count). The van der Waals surface area contributed by atoms with Gasteiger partial charge in [-0.15, -0.1) is 0 Å². The first-order chi connectivity index (χ1) is 7.17. The molecule has 1 saturated carbocycles. The van der Waals surface area contributed by atoms with Gasteiger partial charge in [0.15, 0.2) is 0 Å². The normalized spacial score (nSPS) is 17.5. The minimum Gasteiger partial charge on any atom is -0.469 e. The zero-order chi connectivity index (χ0) is 10.9. The lowest BCUT2D eigenvalue weighted by molar-refractivity contribution is 0.0944. The topological polar surface area (TPSA) is 68.3 Å². The van der Waals surface area contributed by atoms with E-state index in [-0.39, 0.29) is 11.3 Å². The summed E-state index contributed by atoms with van der Waals surface area (Å²) in [5.41, 5.74) is 6.42. The minimum absolute atomic E-state index is 0.0685. The number of nitrogens with one attached hydrogen (secondary N) is 1. The van der Waals surface area contributed by atoms with E-state index in [0.29, 0.717) is 24.4 Å². The second kappa shape index (κ2) is 3.70. The SMILES string of the molecule is Cc1occc1C(=O)NCC1(CN)CC1. The van der Waals surface area contributed by atoms with Crippen LogP contribution in [0.5, 0.6) is 0 Å². The molecule has 1 aromatic heterocycles. The molecule has 0 aromatic carbocycles. The van der Waals surface area contributed by atoms with Gasteiger partial charge in [-0.3, -0.25) is 4.79 Å². The highest BCUT2D eigenvalue weighted by Crippen LogP contribution is 2.43. The number of rotatable bonds is 4. The summed E-state index contributed by atoms with van der Waals surface area (Å²) in [4.78, 5) is 11.7. The van der Waals surface area contributed by atoms with Crippen molar-refractivity contribution in [3.05, 3.63) is 23.7 Å². The van der Waals surface area contributed by atoms with E-state index < -0.39 is 0 Å². The first-order valence-corrected chi connectivity index (χ1v) is 5.19. The van der Waals surface area contributed by atoms with Gasteiger partial charge >= 0.3 is 0 Å². The third-order valence-corrected chi connectivity index (χ3v) is 3.12. The van der Waals surface area contributed by atoms with Crippen LogP contribution in [0.1, 0.15) is 29.0 Å². The van der Waals surface area contributed by atoms with Crippen LogP contribution in [0.25, 0.3) is 0 Å². The van der Waals surface area contributed by atoms with E-state index in [9.17, 15) is 4.79 Å². The van der Waals surface area contributed by atoms with Gasteiger partial charge < -0.3 is 15.5 Å². The molecule has 1 heterocycles. The molecule has 0 bridgehead atoms. The second-order valence-corrected chi connectivity index (χ2v) is 4.28. The first-order valence-electron chi connectivity index (χ1n) is 5.19. The molecule has 0 spiro atoms. The predicted octanol–water partition coefficient (Wildman–Crippen LogP) is 1.06. The quantitative estimate of drug-likeness (QED) is 0.777. The van der Waals surface area contributed by atoms with E-state index in [4.69, 9.17) is 10.2 Å². The largest absolute Gasteiger partial charge is 0.469 e. The number of hydrogen-bond acceptors (Lipinski definition) is 3. The highest BCUT2D eigenvalue weighted by atomic mass is 16.3. The Labute approximate surface area is 88.8 Å². The van der Waals surface area contributed by atoms with Crippen molar-refractivity contribution in [2.24, 2.45) is 11.1 Å². The Morgan fingerprint density at radius 3 is 2.87 bits per heavy atom. The standard InChI is InChI=1S/C11H16N2O2/c1-8-9(2-5-15-8)10(14)13-7-11(6-12)3-4-11/h2,5H,3-4,6-7,12H2,1H3,(H,13,14). The number of furan rings is 1. The van der Waals surface area contributed by atoms with Crippen molar-refractivity contribution in [2.75, 3.05) is 13.1 Å². The monoisotopic (exact) mass is 208 g/mol.